The van der Waals surface area contributed by atoms with Crippen molar-refractivity contribution in [3.8, 4) is 0 Å². The number of amides is 2. The van der Waals surface area contributed by atoms with E-state index < -0.39 is 11.2 Å². The number of anilines is 1. The Morgan fingerprint density at radius 1 is 1.41 bits per heavy atom. The first-order valence-electron chi connectivity index (χ1n) is 8.64. The monoisotopic (exact) mass is 411 g/mol. The van der Waals surface area contributed by atoms with Crippen molar-refractivity contribution >= 4 is 51.1 Å². The molecule has 1 unspecified atom stereocenters. The number of esters is 1. The van der Waals surface area contributed by atoms with Crippen LogP contribution in [0, 0.1) is 0 Å². The van der Waals surface area contributed by atoms with Gasteiger partial charge in [-0.3, -0.25) is 9.59 Å². The van der Waals surface area contributed by atoms with Gasteiger partial charge < -0.3 is 19.7 Å². The molecule has 1 aromatic heterocycles. The second kappa shape index (κ2) is 8.85. The fourth-order valence-corrected chi connectivity index (χ4v) is 4.83. The average molecular weight is 412 g/mol. The molecule has 1 saturated heterocycles. The summed E-state index contributed by atoms with van der Waals surface area (Å²) in [6.07, 6.45) is 0.749. The molecule has 10 heteroatoms. The molecule has 3 rings (SSSR count). The third kappa shape index (κ3) is 4.69. The zero-order valence-corrected chi connectivity index (χ0v) is 16.8. The van der Waals surface area contributed by atoms with Gasteiger partial charge in [-0.2, -0.15) is 4.99 Å². The van der Waals surface area contributed by atoms with E-state index in [2.05, 4.69) is 10.3 Å². The highest BCUT2D eigenvalue weighted by molar-refractivity contribution is 8.15. The van der Waals surface area contributed by atoms with Crippen LogP contribution in [-0.2, 0) is 25.5 Å². The van der Waals surface area contributed by atoms with Gasteiger partial charge in [0.15, 0.2) is 5.17 Å². The van der Waals surface area contributed by atoms with Crippen LogP contribution in [0.2, 0.25) is 0 Å². The lowest BCUT2D eigenvalue weighted by Gasteiger charge is -2.27. The van der Waals surface area contributed by atoms with Crippen molar-refractivity contribution in [3.05, 3.63) is 16.5 Å². The number of rotatable bonds is 5. The predicted octanol–water partition coefficient (Wildman–Crippen LogP) is 1.76. The van der Waals surface area contributed by atoms with E-state index in [-0.39, 0.29) is 18.2 Å². The number of thioether (sulfide) groups is 1. The van der Waals surface area contributed by atoms with Crippen LogP contribution in [0.5, 0.6) is 0 Å². The Bertz CT molecular complexity index is 771. The summed E-state index contributed by atoms with van der Waals surface area (Å²) in [4.78, 5) is 43.6. The van der Waals surface area contributed by atoms with E-state index in [9.17, 15) is 14.4 Å². The summed E-state index contributed by atoms with van der Waals surface area (Å²) in [5, 5.41) is 3.31. The first-order valence-corrected chi connectivity index (χ1v) is 10.3. The lowest BCUT2D eigenvalue weighted by molar-refractivity contribution is -0.121. The van der Waals surface area contributed by atoms with Crippen LogP contribution in [0.15, 0.2) is 11.1 Å². The van der Waals surface area contributed by atoms with Gasteiger partial charge in [0.25, 0.3) is 5.91 Å². The fourth-order valence-electron chi connectivity index (χ4n) is 2.72. The Balaban J connectivity index is 1.61. The Labute approximate surface area is 165 Å². The summed E-state index contributed by atoms with van der Waals surface area (Å²) in [7, 11) is 1.30. The van der Waals surface area contributed by atoms with Crippen molar-refractivity contribution in [1.82, 2.24) is 4.90 Å². The molecule has 0 spiro atoms. The average Bonchev–Trinajstić information content (AvgIpc) is 3.25. The number of amidine groups is 1. The van der Waals surface area contributed by atoms with Crippen LogP contribution in [0.1, 0.15) is 28.6 Å². The maximum Gasteiger partial charge on any atom is 0.340 e. The number of morpholine rings is 1. The van der Waals surface area contributed by atoms with Crippen molar-refractivity contribution < 1.29 is 23.9 Å². The topological polar surface area (TPSA) is 97.3 Å². The van der Waals surface area contributed by atoms with E-state index in [4.69, 9.17) is 9.47 Å². The summed E-state index contributed by atoms with van der Waals surface area (Å²) in [5.41, 5.74) is 0.336. The summed E-state index contributed by atoms with van der Waals surface area (Å²) < 4.78 is 10.1. The number of thiophene rings is 1. The van der Waals surface area contributed by atoms with Crippen molar-refractivity contribution in [2.75, 3.05) is 38.7 Å². The first kappa shape index (κ1) is 19.8. The first-order chi connectivity index (χ1) is 13.0. The van der Waals surface area contributed by atoms with Gasteiger partial charge in [0.2, 0.25) is 5.91 Å². The summed E-state index contributed by atoms with van der Waals surface area (Å²) in [5.74, 6) is -1.12. The molecule has 1 aromatic rings. The number of nitrogens with zero attached hydrogens (tertiary/aromatic N) is 2. The highest BCUT2D eigenvalue weighted by Crippen LogP contribution is 2.31. The van der Waals surface area contributed by atoms with Crippen LogP contribution < -0.4 is 5.32 Å². The molecule has 0 saturated carbocycles. The van der Waals surface area contributed by atoms with Gasteiger partial charge in [0.05, 0.1) is 25.9 Å². The van der Waals surface area contributed by atoms with Crippen molar-refractivity contribution in [2.24, 2.45) is 4.99 Å². The minimum atomic E-state index is -0.546. The number of carbonyl (C=O) groups is 3. The van der Waals surface area contributed by atoms with Crippen molar-refractivity contribution in [3.63, 3.8) is 0 Å². The maximum atomic E-state index is 12.5. The molecule has 0 aromatic carbocycles. The molecule has 0 radical (unpaired) electrons. The second-order valence-corrected chi connectivity index (χ2v) is 8.30. The Morgan fingerprint density at radius 3 is 2.81 bits per heavy atom. The molecule has 8 nitrogen and oxygen atoms in total. The van der Waals surface area contributed by atoms with E-state index in [1.54, 1.807) is 6.07 Å². The Morgan fingerprint density at radius 2 is 2.15 bits per heavy atom. The third-order valence-corrected chi connectivity index (χ3v) is 6.58. The van der Waals surface area contributed by atoms with Crippen LogP contribution >= 0.6 is 23.1 Å². The number of methoxy groups -OCH3 is 1. The van der Waals surface area contributed by atoms with Crippen molar-refractivity contribution in [2.45, 2.75) is 25.0 Å². The maximum absolute atomic E-state index is 12.5. The molecule has 1 fully saturated rings. The fraction of sp³-hybridized carbons (Fsp3) is 0.529. The largest absolute Gasteiger partial charge is 0.465 e. The molecule has 146 valence electrons. The lowest BCUT2D eigenvalue weighted by atomic mass is 10.2. The quantitative estimate of drug-likeness (QED) is 0.737. The molecular formula is C17H21N3O5S2. The molecule has 1 N–H and O–H groups in total. The van der Waals surface area contributed by atoms with Gasteiger partial charge in [-0.15, -0.1) is 11.3 Å². The molecule has 0 bridgehead atoms. The third-order valence-electron chi connectivity index (χ3n) is 4.17. The number of carbonyl (C=O) groups excluding carboxylic acids is 3. The van der Waals surface area contributed by atoms with Crippen LogP contribution in [0.3, 0.4) is 0 Å². The van der Waals surface area contributed by atoms with Crippen LogP contribution in [0.25, 0.3) is 0 Å². The summed E-state index contributed by atoms with van der Waals surface area (Å²) in [6, 6.07) is 1.72. The standard InChI is InChI=1S/C17H21N3O5S2/c1-3-10-8-11(16(23)24-2)15(26-10)18-13(21)9-12-14(22)19-17(27-12)20-4-6-25-7-5-20/h8,12H,3-7,9H2,1-2H3,(H,18,21). The number of aliphatic imine (C=N–C) groups is 1. The SMILES string of the molecule is CCc1cc(C(=O)OC)c(NC(=O)CC2SC(N3CCOCC3)=NC2=O)s1. The Kier molecular flexibility index (Phi) is 6.51. The van der Waals surface area contributed by atoms with Crippen molar-refractivity contribution in [1.29, 1.82) is 0 Å². The summed E-state index contributed by atoms with van der Waals surface area (Å²) >= 11 is 2.65. The molecule has 2 amide bonds. The molecule has 2 aliphatic heterocycles. The number of nitrogens with one attached hydrogen (secondary N) is 1. The smallest absolute Gasteiger partial charge is 0.340 e. The molecule has 1 atom stereocenters. The van der Waals surface area contributed by atoms with E-state index >= 15 is 0 Å². The van der Waals surface area contributed by atoms with Gasteiger partial charge >= 0.3 is 5.97 Å². The highest BCUT2D eigenvalue weighted by atomic mass is 32.2. The number of aryl methyl sites for hydroxylation is 1. The van der Waals surface area contributed by atoms with Gasteiger partial charge in [0, 0.05) is 24.4 Å². The second-order valence-electron chi connectivity index (χ2n) is 5.99. The summed E-state index contributed by atoms with van der Waals surface area (Å²) in [6.45, 7) is 4.56. The molecule has 3 heterocycles. The predicted molar refractivity (Wildman–Crippen MR) is 104 cm³/mol. The minimum Gasteiger partial charge on any atom is -0.465 e. The van der Waals surface area contributed by atoms with Gasteiger partial charge in [0.1, 0.15) is 10.3 Å². The van der Waals surface area contributed by atoms with E-state index in [0.29, 0.717) is 42.0 Å². The van der Waals surface area contributed by atoms with Gasteiger partial charge in [-0.1, -0.05) is 18.7 Å². The normalized spacial score (nSPS) is 19.8. The number of hydrogen-bond donors (Lipinski definition) is 1. The zero-order valence-electron chi connectivity index (χ0n) is 15.1. The lowest BCUT2D eigenvalue weighted by Crippen LogP contribution is -2.39. The minimum absolute atomic E-state index is 0.000805. The Hall–Kier alpha value is -1.91. The molecule has 0 aliphatic carbocycles. The number of hydrogen-bond acceptors (Lipinski definition) is 8. The van der Waals surface area contributed by atoms with Crippen LogP contribution in [0.4, 0.5) is 5.00 Å². The molecular weight excluding hydrogens is 390 g/mol. The van der Waals surface area contributed by atoms with Crippen LogP contribution in [-0.4, -0.2) is 66.5 Å². The van der Waals surface area contributed by atoms with Gasteiger partial charge in [-0.05, 0) is 12.5 Å². The van der Waals surface area contributed by atoms with E-state index in [0.717, 1.165) is 11.3 Å². The van der Waals surface area contributed by atoms with E-state index in [1.807, 2.05) is 11.8 Å². The molecule has 2 aliphatic rings. The van der Waals surface area contributed by atoms with E-state index in [1.165, 1.54) is 30.2 Å². The zero-order chi connectivity index (χ0) is 19.4. The molecule has 27 heavy (non-hydrogen) atoms. The van der Waals surface area contributed by atoms with Gasteiger partial charge in [-0.25, -0.2) is 4.79 Å². The number of ether oxygens (including phenoxy) is 2. The highest BCUT2D eigenvalue weighted by Gasteiger charge is 2.33.